The lowest BCUT2D eigenvalue weighted by atomic mass is 10.0. The molecule has 0 aliphatic heterocycles. The molecule has 0 fully saturated rings. The van der Waals surface area contributed by atoms with Gasteiger partial charge in [0.05, 0.1) is 0 Å². The van der Waals surface area contributed by atoms with Gasteiger partial charge in [0, 0.05) is 6.42 Å². The summed E-state index contributed by atoms with van der Waals surface area (Å²) >= 11 is 0. The Morgan fingerprint density at radius 1 is 1.75 bits per heavy atom. The molecule has 0 spiro atoms. The lowest BCUT2D eigenvalue weighted by Crippen LogP contribution is -1.83. The smallest absolute Gasteiger partial charge is 0.0381 e. The lowest BCUT2D eigenvalue weighted by molar-refractivity contribution is 1.20. The van der Waals surface area contributed by atoms with Crippen LogP contribution in [0.5, 0.6) is 0 Å². The Hall–Kier alpha value is -0.960. The molecule has 0 unspecified atom stereocenters. The van der Waals surface area contributed by atoms with Crippen LogP contribution < -0.4 is 0 Å². The van der Waals surface area contributed by atoms with E-state index in [-0.39, 0.29) is 0 Å². The standard InChI is InChI=1S/C8H7/c1-2-3-5-8-6-4-7-8/h1,3-4,6-7H,5H2. The average Bonchev–Trinajstić information content (AvgIpc) is 1.63. The van der Waals surface area contributed by atoms with Crippen molar-refractivity contribution in [2.75, 3.05) is 0 Å². The zero-order valence-electron chi connectivity index (χ0n) is 4.59. The van der Waals surface area contributed by atoms with Gasteiger partial charge in [-0.2, -0.15) is 0 Å². The number of terminal acetylenes is 1. The Labute approximate surface area is 49.9 Å². The summed E-state index contributed by atoms with van der Waals surface area (Å²) in [5, 5.41) is 0. The van der Waals surface area contributed by atoms with Gasteiger partial charge in [-0.1, -0.05) is 18.2 Å². The highest BCUT2D eigenvalue weighted by molar-refractivity contribution is 5.37. The summed E-state index contributed by atoms with van der Waals surface area (Å²) in [5.74, 6) is 2.47. The molecule has 0 saturated heterocycles. The molecule has 39 valence electrons. The molecule has 0 aromatic heterocycles. The van der Waals surface area contributed by atoms with Gasteiger partial charge in [0.1, 0.15) is 0 Å². The minimum Gasteiger partial charge on any atom is -0.120 e. The number of hydrogen-bond acceptors (Lipinski definition) is 0. The monoisotopic (exact) mass is 103 g/mol. The molecule has 0 bridgehead atoms. The molecule has 0 saturated carbocycles. The third-order valence-corrected chi connectivity index (χ3v) is 1.08. The van der Waals surface area contributed by atoms with E-state index in [0.717, 1.165) is 6.42 Å². The van der Waals surface area contributed by atoms with Gasteiger partial charge < -0.3 is 0 Å². The summed E-state index contributed by atoms with van der Waals surface area (Å²) in [4.78, 5) is 0. The van der Waals surface area contributed by atoms with E-state index in [1.807, 2.05) is 12.5 Å². The number of rotatable bonds is 2. The van der Waals surface area contributed by atoms with Gasteiger partial charge in [0.25, 0.3) is 0 Å². The molecule has 0 heterocycles. The molecule has 0 heteroatoms. The van der Waals surface area contributed by atoms with Gasteiger partial charge in [0.2, 0.25) is 0 Å². The molecule has 0 atom stereocenters. The van der Waals surface area contributed by atoms with Crippen LogP contribution in [0.3, 0.4) is 0 Å². The van der Waals surface area contributed by atoms with E-state index in [2.05, 4.69) is 18.1 Å². The first-order valence-corrected chi connectivity index (χ1v) is 2.58. The fourth-order valence-electron chi connectivity index (χ4n) is 0.545. The molecule has 0 aromatic rings. The van der Waals surface area contributed by atoms with E-state index in [9.17, 15) is 0 Å². The van der Waals surface area contributed by atoms with Gasteiger partial charge in [0.15, 0.2) is 0 Å². The van der Waals surface area contributed by atoms with Crippen LogP contribution >= 0.6 is 0 Å². The molecule has 8 heavy (non-hydrogen) atoms. The van der Waals surface area contributed by atoms with Crippen molar-refractivity contribution >= 4 is 0 Å². The Bertz CT molecular complexity index is 165. The maximum absolute atomic E-state index is 5.00. The van der Waals surface area contributed by atoms with E-state index in [1.165, 1.54) is 5.57 Å². The highest BCUT2D eigenvalue weighted by Gasteiger charge is 1.94. The molecule has 0 amide bonds. The summed E-state index contributed by atoms with van der Waals surface area (Å²) in [7, 11) is 0. The van der Waals surface area contributed by atoms with E-state index in [1.54, 1.807) is 0 Å². The minimum absolute atomic E-state index is 0.924. The molecule has 0 aromatic carbocycles. The largest absolute Gasteiger partial charge is 0.120 e. The maximum Gasteiger partial charge on any atom is 0.0381 e. The molecule has 0 nitrogen and oxygen atoms in total. The van der Waals surface area contributed by atoms with Crippen molar-refractivity contribution in [3.63, 3.8) is 0 Å². The fraction of sp³-hybridized carbons (Fsp3) is 0.125. The molecule has 0 N–H and O–H groups in total. The second kappa shape index (κ2) is 2.37. The first kappa shape index (κ1) is 5.18. The van der Waals surface area contributed by atoms with Crippen molar-refractivity contribution in [3.8, 4) is 12.3 Å². The van der Waals surface area contributed by atoms with Crippen LogP contribution in [0.15, 0.2) is 23.8 Å². The van der Waals surface area contributed by atoms with Crippen molar-refractivity contribution < 1.29 is 0 Å². The molecular weight excluding hydrogens is 96.1 g/mol. The molecule has 1 radical (unpaired) electrons. The van der Waals surface area contributed by atoms with Gasteiger partial charge >= 0.3 is 0 Å². The van der Waals surface area contributed by atoms with Crippen LogP contribution in [-0.4, -0.2) is 0 Å². The summed E-state index contributed by atoms with van der Waals surface area (Å²) < 4.78 is 0. The number of hydrogen-bond donors (Lipinski definition) is 0. The van der Waals surface area contributed by atoms with E-state index in [0.29, 0.717) is 0 Å². The molecule has 1 aliphatic rings. The minimum atomic E-state index is 0.924. The first-order chi connectivity index (χ1) is 3.93. The first-order valence-electron chi connectivity index (χ1n) is 2.58. The van der Waals surface area contributed by atoms with Crippen LogP contribution in [0.25, 0.3) is 0 Å². The average molecular weight is 103 g/mol. The van der Waals surface area contributed by atoms with Crippen molar-refractivity contribution in [2.24, 2.45) is 0 Å². The third kappa shape index (κ3) is 1.01. The Morgan fingerprint density at radius 2 is 2.50 bits per heavy atom. The second-order valence-electron chi connectivity index (χ2n) is 1.68. The highest BCUT2D eigenvalue weighted by Crippen LogP contribution is 2.12. The summed E-state index contributed by atoms with van der Waals surface area (Å²) in [6, 6.07) is 0. The SMILES string of the molecule is C#C[CH]CC1=CC=C1. The van der Waals surface area contributed by atoms with E-state index >= 15 is 0 Å². The summed E-state index contributed by atoms with van der Waals surface area (Å²) in [6.07, 6.45) is 13.9. The van der Waals surface area contributed by atoms with Crippen molar-refractivity contribution in [1.82, 2.24) is 0 Å². The Balaban J connectivity index is 2.14. The Kier molecular flexibility index (Phi) is 1.54. The van der Waals surface area contributed by atoms with E-state index < -0.39 is 0 Å². The van der Waals surface area contributed by atoms with Crippen LogP contribution in [0.1, 0.15) is 6.42 Å². The molecular formula is C8H7. The predicted molar refractivity (Wildman–Crippen MR) is 35.0 cm³/mol. The van der Waals surface area contributed by atoms with E-state index in [4.69, 9.17) is 6.42 Å². The predicted octanol–water partition coefficient (Wildman–Crippen LogP) is 1.71. The quantitative estimate of drug-likeness (QED) is 0.467. The Morgan fingerprint density at radius 3 is 2.88 bits per heavy atom. The maximum atomic E-state index is 5.00. The third-order valence-electron chi connectivity index (χ3n) is 1.08. The van der Waals surface area contributed by atoms with Gasteiger partial charge in [-0.3, -0.25) is 0 Å². The normalized spacial score (nSPS) is 14.1. The summed E-state index contributed by atoms with van der Waals surface area (Å²) in [6.45, 7) is 0. The van der Waals surface area contributed by atoms with Crippen molar-refractivity contribution in [1.29, 1.82) is 0 Å². The zero-order chi connectivity index (χ0) is 5.82. The van der Waals surface area contributed by atoms with Crippen LogP contribution in [0, 0.1) is 18.8 Å². The topological polar surface area (TPSA) is 0 Å². The zero-order valence-corrected chi connectivity index (χ0v) is 4.59. The van der Waals surface area contributed by atoms with Crippen LogP contribution in [-0.2, 0) is 0 Å². The lowest BCUT2D eigenvalue weighted by Gasteiger charge is -2.01. The van der Waals surface area contributed by atoms with Crippen LogP contribution in [0.2, 0.25) is 0 Å². The van der Waals surface area contributed by atoms with Gasteiger partial charge in [-0.05, 0) is 12.0 Å². The fourth-order valence-corrected chi connectivity index (χ4v) is 0.545. The van der Waals surface area contributed by atoms with Gasteiger partial charge in [-0.15, -0.1) is 12.3 Å². The highest BCUT2D eigenvalue weighted by atomic mass is 14.0. The number of allylic oxidation sites excluding steroid dienone is 4. The van der Waals surface area contributed by atoms with Crippen molar-refractivity contribution in [2.45, 2.75) is 6.42 Å². The molecule has 1 aliphatic carbocycles. The van der Waals surface area contributed by atoms with Crippen LogP contribution in [0.4, 0.5) is 0 Å². The second-order valence-corrected chi connectivity index (χ2v) is 1.68. The van der Waals surface area contributed by atoms with Crippen molar-refractivity contribution in [3.05, 3.63) is 30.2 Å². The summed E-state index contributed by atoms with van der Waals surface area (Å²) in [5.41, 5.74) is 1.32. The van der Waals surface area contributed by atoms with Gasteiger partial charge in [-0.25, -0.2) is 0 Å². The molecule has 1 rings (SSSR count).